The van der Waals surface area contributed by atoms with E-state index >= 15 is 0 Å². The number of hydrogen-bond donors (Lipinski definition) is 1. The highest BCUT2D eigenvalue weighted by molar-refractivity contribution is 8.13. The first kappa shape index (κ1) is 12.0. The lowest BCUT2D eigenvalue weighted by molar-refractivity contribution is 0.612. The first-order valence-corrected chi connectivity index (χ1v) is 5.84. The van der Waals surface area contributed by atoms with Crippen LogP contribution < -0.4 is 5.32 Å². The van der Waals surface area contributed by atoms with Gasteiger partial charge >= 0.3 is 0 Å². The zero-order valence-electron chi connectivity index (χ0n) is 6.99. The molecular formula is C7H9ClN2O2S. The summed E-state index contributed by atoms with van der Waals surface area (Å²) < 4.78 is 20.9. The minimum atomic E-state index is -3.48. The molecule has 0 aromatic rings. The third kappa shape index (κ3) is 7.37. The average Bonchev–Trinajstić information content (AvgIpc) is 2.03. The van der Waals surface area contributed by atoms with E-state index in [1.165, 1.54) is 18.2 Å². The van der Waals surface area contributed by atoms with Gasteiger partial charge in [-0.25, -0.2) is 8.42 Å². The number of nitriles is 1. The molecule has 0 saturated heterocycles. The smallest absolute Gasteiger partial charge is 0.236 e. The van der Waals surface area contributed by atoms with Crippen LogP contribution in [-0.4, -0.2) is 21.2 Å². The van der Waals surface area contributed by atoms with E-state index in [-0.39, 0.29) is 5.75 Å². The third-order valence-electron chi connectivity index (χ3n) is 1.08. The van der Waals surface area contributed by atoms with E-state index in [1.54, 1.807) is 7.05 Å². The quantitative estimate of drug-likeness (QED) is 0.431. The van der Waals surface area contributed by atoms with Crippen molar-refractivity contribution >= 4 is 19.7 Å². The second-order valence-electron chi connectivity index (χ2n) is 2.08. The van der Waals surface area contributed by atoms with Gasteiger partial charge in [0.2, 0.25) is 9.05 Å². The number of rotatable bonds is 4. The first-order valence-electron chi connectivity index (χ1n) is 3.36. The largest absolute Gasteiger partial charge is 0.380 e. The van der Waals surface area contributed by atoms with Gasteiger partial charge in [0.05, 0.1) is 5.75 Å². The molecule has 0 aromatic carbocycles. The zero-order valence-corrected chi connectivity index (χ0v) is 8.56. The summed E-state index contributed by atoms with van der Waals surface area (Å²) in [4.78, 5) is 0. The van der Waals surface area contributed by atoms with Gasteiger partial charge in [0, 0.05) is 17.7 Å². The minimum absolute atomic E-state index is 0.243. The summed E-state index contributed by atoms with van der Waals surface area (Å²) in [5.74, 6) is -0.243. The maximum absolute atomic E-state index is 10.4. The van der Waals surface area contributed by atoms with E-state index in [0.717, 1.165) is 0 Å². The standard InChI is InChI=1S/C7H9ClN2O2S/c1-10-7(6-9)4-2-3-5-13(8,11)12/h2-4,10H,5H2,1H3/b3-2-,7-4-. The molecule has 6 heteroatoms. The lowest BCUT2D eigenvalue weighted by atomic mass is 10.4. The van der Waals surface area contributed by atoms with Gasteiger partial charge in [0.15, 0.2) is 0 Å². The summed E-state index contributed by atoms with van der Waals surface area (Å²) in [6, 6.07) is 1.87. The summed E-state index contributed by atoms with van der Waals surface area (Å²) in [5.41, 5.74) is 0.350. The van der Waals surface area contributed by atoms with E-state index in [9.17, 15) is 8.42 Å². The second-order valence-corrected chi connectivity index (χ2v) is 4.90. The molecule has 0 spiro atoms. The van der Waals surface area contributed by atoms with Crippen LogP contribution in [0.1, 0.15) is 0 Å². The highest BCUT2D eigenvalue weighted by Gasteiger charge is 1.98. The molecule has 0 aliphatic heterocycles. The Kier molecular flexibility index (Phi) is 5.19. The normalized spacial score (nSPS) is 12.8. The van der Waals surface area contributed by atoms with Crippen molar-refractivity contribution in [1.29, 1.82) is 5.26 Å². The van der Waals surface area contributed by atoms with Crippen molar-refractivity contribution in [2.75, 3.05) is 12.8 Å². The van der Waals surface area contributed by atoms with Crippen molar-refractivity contribution in [3.63, 3.8) is 0 Å². The summed E-state index contributed by atoms with van der Waals surface area (Å²) in [7, 11) is 3.05. The fourth-order valence-electron chi connectivity index (χ4n) is 0.511. The average molecular weight is 221 g/mol. The highest BCUT2D eigenvalue weighted by Crippen LogP contribution is 1.96. The molecule has 0 amide bonds. The number of allylic oxidation sites excluding steroid dienone is 3. The van der Waals surface area contributed by atoms with Gasteiger partial charge in [0.1, 0.15) is 11.8 Å². The predicted molar refractivity (Wildman–Crippen MR) is 51.5 cm³/mol. The van der Waals surface area contributed by atoms with Crippen molar-refractivity contribution in [1.82, 2.24) is 5.32 Å². The fourth-order valence-corrected chi connectivity index (χ4v) is 1.07. The monoisotopic (exact) mass is 220 g/mol. The topological polar surface area (TPSA) is 70.0 Å². The Balaban J connectivity index is 4.18. The molecule has 1 N–H and O–H groups in total. The lowest BCUT2D eigenvalue weighted by Crippen LogP contribution is -2.02. The third-order valence-corrected chi connectivity index (χ3v) is 2.05. The maximum Gasteiger partial charge on any atom is 0.236 e. The van der Waals surface area contributed by atoms with Crippen LogP contribution in [0.4, 0.5) is 0 Å². The molecular weight excluding hydrogens is 212 g/mol. The molecule has 0 atom stereocenters. The van der Waals surface area contributed by atoms with Gasteiger partial charge in [-0.05, 0) is 6.08 Å². The number of hydrogen-bond acceptors (Lipinski definition) is 4. The Hall–Kier alpha value is -0.990. The van der Waals surface area contributed by atoms with Crippen LogP contribution in [0.25, 0.3) is 0 Å². The van der Waals surface area contributed by atoms with Gasteiger partial charge in [-0.2, -0.15) is 5.26 Å². The van der Waals surface area contributed by atoms with Crippen LogP contribution in [0, 0.1) is 11.3 Å². The van der Waals surface area contributed by atoms with Gasteiger partial charge in [-0.1, -0.05) is 12.2 Å². The van der Waals surface area contributed by atoms with E-state index in [0.29, 0.717) is 5.70 Å². The van der Waals surface area contributed by atoms with Gasteiger partial charge in [0.25, 0.3) is 0 Å². The van der Waals surface area contributed by atoms with E-state index < -0.39 is 9.05 Å². The Morgan fingerprint density at radius 3 is 2.69 bits per heavy atom. The van der Waals surface area contributed by atoms with Gasteiger partial charge in [-0.15, -0.1) is 0 Å². The van der Waals surface area contributed by atoms with Crippen molar-refractivity contribution < 1.29 is 8.42 Å². The molecule has 72 valence electrons. The predicted octanol–water partition coefficient (Wildman–Crippen LogP) is 0.738. The molecule has 0 fully saturated rings. The molecule has 0 aromatic heterocycles. The van der Waals surface area contributed by atoms with Gasteiger partial charge in [-0.3, -0.25) is 0 Å². The number of halogens is 1. The number of nitrogens with zero attached hydrogens (tertiary/aromatic N) is 1. The molecule has 4 nitrogen and oxygen atoms in total. The van der Waals surface area contributed by atoms with E-state index in [4.69, 9.17) is 15.9 Å². The Bertz CT molecular complexity index is 351. The zero-order chi connectivity index (χ0) is 10.3. The summed E-state index contributed by atoms with van der Waals surface area (Å²) in [6.45, 7) is 0. The fraction of sp³-hybridized carbons (Fsp3) is 0.286. The van der Waals surface area contributed by atoms with Crippen LogP contribution >= 0.6 is 10.7 Å². The Labute approximate surface area is 81.9 Å². The second kappa shape index (κ2) is 5.62. The van der Waals surface area contributed by atoms with E-state index in [2.05, 4.69) is 5.32 Å². The Morgan fingerprint density at radius 1 is 1.69 bits per heavy atom. The summed E-state index contributed by atoms with van der Waals surface area (Å²) >= 11 is 0. The van der Waals surface area contributed by atoms with Crippen LogP contribution in [-0.2, 0) is 9.05 Å². The first-order chi connectivity index (χ1) is 5.99. The molecule has 0 aliphatic carbocycles. The Morgan fingerprint density at radius 2 is 2.31 bits per heavy atom. The molecule has 0 saturated carbocycles. The van der Waals surface area contributed by atoms with Crippen molar-refractivity contribution in [2.45, 2.75) is 0 Å². The molecule has 0 radical (unpaired) electrons. The lowest BCUT2D eigenvalue weighted by Gasteiger charge is -1.90. The van der Waals surface area contributed by atoms with Crippen molar-refractivity contribution in [3.05, 3.63) is 23.9 Å². The van der Waals surface area contributed by atoms with Crippen molar-refractivity contribution in [3.8, 4) is 6.07 Å². The SMILES string of the molecule is CN/C(C#N)=C\C=C/CS(=O)(=O)Cl. The van der Waals surface area contributed by atoms with Crippen LogP contribution in [0.2, 0.25) is 0 Å². The van der Waals surface area contributed by atoms with Gasteiger partial charge < -0.3 is 5.32 Å². The number of nitrogens with one attached hydrogen (secondary N) is 1. The van der Waals surface area contributed by atoms with Crippen LogP contribution in [0.15, 0.2) is 23.9 Å². The molecule has 0 heterocycles. The molecule has 0 aliphatic rings. The molecule has 0 unspecified atom stereocenters. The van der Waals surface area contributed by atoms with Crippen LogP contribution in [0.5, 0.6) is 0 Å². The molecule has 0 rings (SSSR count). The highest BCUT2D eigenvalue weighted by atomic mass is 35.7. The minimum Gasteiger partial charge on any atom is -0.380 e. The molecule has 13 heavy (non-hydrogen) atoms. The maximum atomic E-state index is 10.4. The van der Waals surface area contributed by atoms with Crippen molar-refractivity contribution in [2.24, 2.45) is 0 Å². The van der Waals surface area contributed by atoms with Crippen LogP contribution in [0.3, 0.4) is 0 Å². The molecule has 0 bridgehead atoms. The summed E-state index contributed by atoms with van der Waals surface area (Å²) in [6.07, 6.45) is 4.27. The summed E-state index contributed by atoms with van der Waals surface area (Å²) in [5, 5.41) is 11.0. The van der Waals surface area contributed by atoms with E-state index in [1.807, 2.05) is 6.07 Å².